The number of nitrogens with one attached hydrogen (secondary N) is 1. The number of hydrazone groups is 1. The van der Waals surface area contributed by atoms with Crippen LogP contribution in [0.15, 0.2) is 52.5 Å². The largest absolute Gasteiger partial charge is 0.276 e. The average Bonchev–Trinajstić information content (AvgIpc) is 2.47. The highest BCUT2D eigenvalue weighted by Crippen LogP contribution is 2.23. The molecule has 0 aliphatic carbocycles. The zero-order valence-corrected chi connectivity index (χ0v) is 14.4. The molecular formula is C14H8Cl3N3O2S. The Kier molecular flexibility index (Phi) is 5.50. The van der Waals surface area contributed by atoms with Crippen LogP contribution in [0.25, 0.3) is 0 Å². The van der Waals surface area contributed by atoms with Crippen LogP contribution in [0, 0.1) is 11.3 Å². The Bertz CT molecular complexity index is 884. The van der Waals surface area contributed by atoms with Crippen molar-refractivity contribution in [2.24, 2.45) is 5.10 Å². The summed E-state index contributed by atoms with van der Waals surface area (Å²) in [7, 11) is -4.06. The minimum absolute atomic E-state index is 0.0897. The minimum Gasteiger partial charge on any atom is -0.276 e. The third-order valence-corrected chi connectivity index (χ3v) is 4.90. The van der Waals surface area contributed by atoms with Gasteiger partial charge in [-0.1, -0.05) is 34.8 Å². The van der Waals surface area contributed by atoms with Crippen LogP contribution >= 0.6 is 34.8 Å². The van der Waals surface area contributed by atoms with E-state index in [1.54, 1.807) is 6.07 Å². The Hall–Kier alpha value is -1.78. The number of hydrogen-bond acceptors (Lipinski definition) is 5. The van der Waals surface area contributed by atoms with Gasteiger partial charge in [-0.3, -0.25) is 5.43 Å². The summed E-state index contributed by atoms with van der Waals surface area (Å²) in [6.45, 7) is 0. The second kappa shape index (κ2) is 7.20. The molecule has 0 bridgehead atoms. The van der Waals surface area contributed by atoms with Crippen molar-refractivity contribution in [3.8, 4) is 6.07 Å². The predicted octanol–water partition coefficient (Wildman–Crippen LogP) is 4.37. The fourth-order valence-electron chi connectivity index (χ4n) is 1.60. The number of hydrogen-bond donors (Lipinski definition) is 1. The molecule has 0 heterocycles. The third kappa shape index (κ3) is 4.36. The monoisotopic (exact) mass is 387 g/mol. The van der Waals surface area contributed by atoms with Crippen LogP contribution in [0.2, 0.25) is 15.1 Å². The molecule has 118 valence electrons. The van der Waals surface area contributed by atoms with Crippen LogP contribution in [-0.4, -0.2) is 13.5 Å². The lowest BCUT2D eigenvalue weighted by molar-refractivity contribution is 0.607. The molecule has 0 saturated carbocycles. The van der Waals surface area contributed by atoms with E-state index in [0.717, 1.165) is 0 Å². The lowest BCUT2D eigenvalue weighted by Crippen LogP contribution is -2.15. The van der Waals surface area contributed by atoms with Gasteiger partial charge in [0.05, 0.1) is 10.6 Å². The van der Waals surface area contributed by atoms with Gasteiger partial charge in [0.2, 0.25) is 9.84 Å². The van der Waals surface area contributed by atoms with E-state index in [1.165, 1.54) is 42.5 Å². The average molecular weight is 389 g/mol. The fraction of sp³-hybridized carbons (Fsp3) is 0. The smallest absolute Gasteiger partial charge is 0.256 e. The number of anilines is 1. The zero-order valence-electron chi connectivity index (χ0n) is 11.3. The molecule has 23 heavy (non-hydrogen) atoms. The Labute approximate surface area is 148 Å². The van der Waals surface area contributed by atoms with E-state index in [-0.39, 0.29) is 4.90 Å². The number of rotatable bonds is 3. The zero-order chi connectivity index (χ0) is 17.0. The quantitative estimate of drug-likeness (QED) is 0.481. The van der Waals surface area contributed by atoms with Crippen molar-refractivity contribution in [1.82, 2.24) is 0 Å². The van der Waals surface area contributed by atoms with Crippen molar-refractivity contribution in [3.05, 3.63) is 57.5 Å². The molecule has 2 aromatic carbocycles. The molecule has 0 spiro atoms. The Morgan fingerprint density at radius 2 is 1.57 bits per heavy atom. The van der Waals surface area contributed by atoms with E-state index in [4.69, 9.17) is 40.1 Å². The van der Waals surface area contributed by atoms with E-state index in [2.05, 4.69) is 10.5 Å². The number of benzene rings is 2. The predicted molar refractivity (Wildman–Crippen MR) is 91.8 cm³/mol. The molecule has 2 rings (SSSR count). The normalized spacial score (nSPS) is 11.8. The summed E-state index contributed by atoms with van der Waals surface area (Å²) in [5.74, 6) is 0. The van der Waals surface area contributed by atoms with Gasteiger partial charge in [-0.15, -0.1) is 0 Å². The second-order valence-electron chi connectivity index (χ2n) is 4.26. The van der Waals surface area contributed by atoms with Gasteiger partial charge < -0.3 is 0 Å². The molecule has 5 nitrogen and oxygen atoms in total. The first kappa shape index (κ1) is 17.6. The van der Waals surface area contributed by atoms with Crippen molar-refractivity contribution in [2.75, 3.05) is 5.43 Å². The molecule has 0 aromatic heterocycles. The summed E-state index contributed by atoms with van der Waals surface area (Å²) in [6.07, 6.45) is 0. The highest BCUT2D eigenvalue weighted by Gasteiger charge is 2.22. The lowest BCUT2D eigenvalue weighted by atomic mass is 10.3. The molecule has 0 amide bonds. The number of nitrogens with zero attached hydrogens (tertiary/aromatic N) is 2. The first-order chi connectivity index (χ1) is 10.8. The van der Waals surface area contributed by atoms with E-state index < -0.39 is 14.9 Å². The van der Waals surface area contributed by atoms with Gasteiger partial charge in [-0.25, -0.2) is 8.42 Å². The number of sulfone groups is 1. The third-order valence-electron chi connectivity index (χ3n) is 2.62. The lowest BCUT2D eigenvalue weighted by Gasteiger charge is -2.05. The maximum atomic E-state index is 12.3. The summed E-state index contributed by atoms with van der Waals surface area (Å²) in [4.78, 5) is -0.0897. The first-order valence-electron chi connectivity index (χ1n) is 6.03. The summed E-state index contributed by atoms with van der Waals surface area (Å²) in [5, 5.41) is 13.1. The molecule has 0 radical (unpaired) electrons. The van der Waals surface area contributed by atoms with Crippen molar-refractivity contribution in [2.45, 2.75) is 4.90 Å². The Balaban J connectivity index is 2.35. The van der Waals surface area contributed by atoms with Crippen LogP contribution in [0.5, 0.6) is 0 Å². The van der Waals surface area contributed by atoms with Crippen molar-refractivity contribution >= 4 is 55.4 Å². The van der Waals surface area contributed by atoms with Crippen molar-refractivity contribution in [1.29, 1.82) is 5.26 Å². The van der Waals surface area contributed by atoms with Crippen LogP contribution in [0.3, 0.4) is 0 Å². The molecule has 0 fully saturated rings. The minimum atomic E-state index is -4.06. The molecule has 1 N–H and O–H groups in total. The van der Waals surface area contributed by atoms with Crippen LogP contribution in [0.1, 0.15) is 0 Å². The molecule has 0 saturated heterocycles. The molecule has 0 aliphatic rings. The molecule has 9 heteroatoms. The number of nitriles is 1. The van der Waals surface area contributed by atoms with E-state index in [1.807, 2.05) is 0 Å². The molecular weight excluding hydrogens is 381 g/mol. The second-order valence-corrected chi connectivity index (χ2v) is 7.43. The summed E-state index contributed by atoms with van der Waals surface area (Å²) in [6, 6.07) is 11.4. The highest BCUT2D eigenvalue weighted by atomic mass is 35.5. The van der Waals surface area contributed by atoms with E-state index in [9.17, 15) is 8.42 Å². The van der Waals surface area contributed by atoms with Crippen molar-refractivity contribution in [3.63, 3.8) is 0 Å². The first-order valence-corrected chi connectivity index (χ1v) is 8.65. The van der Waals surface area contributed by atoms with E-state index >= 15 is 0 Å². The SMILES string of the molecule is N#C/C(=N\Nc1cc(Cl)cc(Cl)c1)S(=O)(=O)c1ccc(Cl)cc1. The summed E-state index contributed by atoms with van der Waals surface area (Å²) < 4.78 is 24.7. The molecule has 2 aromatic rings. The van der Waals surface area contributed by atoms with Crippen molar-refractivity contribution < 1.29 is 8.42 Å². The summed E-state index contributed by atoms with van der Waals surface area (Å²) >= 11 is 17.4. The van der Waals surface area contributed by atoms with Crippen LogP contribution in [-0.2, 0) is 9.84 Å². The van der Waals surface area contributed by atoms with Gasteiger partial charge in [-0.2, -0.15) is 10.4 Å². The molecule has 0 unspecified atom stereocenters. The topological polar surface area (TPSA) is 82.3 Å². The Morgan fingerprint density at radius 3 is 2.09 bits per heavy atom. The standard InChI is InChI=1S/C14H8Cl3N3O2S/c15-9-1-3-13(4-2-9)23(21,22)14(8-18)20-19-12-6-10(16)5-11(17)7-12/h1-7,19H/b20-14+. The van der Waals surface area contributed by atoms with Gasteiger partial charge >= 0.3 is 0 Å². The van der Waals surface area contributed by atoms with E-state index in [0.29, 0.717) is 20.8 Å². The summed E-state index contributed by atoms with van der Waals surface area (Å²) in [5.41, 5.74) is 2.80. The van der Waals surface area contributed by atoms with Gasteiger partial charge in [0.1, 0.15) is 6.07 Å². The molecule has 0 atom stereocenters. The maximum absolute atomic E-state index is 12.3. The van der Waals surface area contributed by atoms with Gasteiger partial charge in [0.25, 0.3) is 5.04 Å². The Morgan fingerprint density at radius 1 is 1.00 bits per heavy atom. The maximum Gasteiger partial charge on any atom is 0.256 e. The van der Waals surface area contributed by atoms with Crippen LogP contribution in [0.4, 0.5) is 5.69 Å². The van der Waals surface area contributed by atoms with Gasteiger partial charge in [0.15, 0.2) is 0 Å². The van der Waals surface area contributed by atoms with Gasteiger partial charge in [-0.05, 0) is 42.5 Å². The number of halogens is 3. The van der Waals surface area contributed by atoms with Crippen LogP contribution < -0.4 is 5.43 Å². The highest BCUT2D eigenvalue weighted by molar-refractivity contribution is 8.07. The molecule has 0 aliphatic heterocycles. The fourth-order valence-corrected chi connectivity index (χ4v) is 3.26. The van der Waals surface area contributed by atoms with Gasteiger partial charge in [0, 0.05) is 15.1 Å².